The zero-order chi connectivity index (χ0) is 13.9. The van der Waals surface area contributed by atoms with Gasteiger partial charge in [-0.25, -0.2) is 23.1 Å². The summed E-state index contributed by atoms with van der Waals surface area (Å²) < 4.78 is 27.2. The molecular formula is C11H11BrN4O2S. The van der Waals surface area contributed by atoms with Crippen LogP contribution in [0.2, 0.25) is 0 Å². The molecule has 100 valence electrons. The number of nitrogens with zero attached hydrogens (tertiary/aromatic N) is 2. The maximum absolute atomic E-state index is 12.0. The largest absolute Gasteiger partial charge is 0.398 e. The third-order valence-electron chi connectivity index (χ3n) is 2.36. The number of aromatic nitrogens is 2. The quantitative estimate of drug-likeness (QED) is 0.816. The Balaban J connectivity index is 2.16. The third-order valence-corrected chi connectivity index (χ3v) is 4.49. The van der Waals surface area contributed by atoms with Gasteiger partial charge in [-0.05, 0) is 40.2 Å². The van der Waals surface area contributed by atoms with Gasteiger partial charge in [0, 0.05) is 16.4 Å². The van der Waals surface area contributed by atoms with Gasteiger partial charge in [-0.15, -0.1) is 0 Å². The molecule has 0 bridgehead atoms. The third kappa shape index (κ3) is 3.49. The second-order valence-corrected chi connectivity index (χ2v) is 6.33. The molecule has 6 nitrogen and oxygen atoms in total. The summed E-state index contributed by atoms with van der Waals surface area (Å²) >= 11 is 3.21. The van der Waals surface area contributed by atoms with Crippen molar-refractivity contribution in [2.24, 2.45) is 0 Å². The van der Waals surface area contributed by atoms with Crippen molar-refractivity contribution in [3.05, 3.63) is 47.0 Å². The molecule has 0 aliphatic heterocycles. The Morgan fingerprint density at radius 1 is 1.32 bits per heavy atom. The van der Waals surface area contributed by atoms with E-state index in [2.05, 4.69) is 30.6 Å². The minimum atomic E-state index is -3.61. The molecule has 8 heteroatoms. The Morgan fingerprint density at radius 3 is 2.74 bits per heavy atom. The van der Waals surface area contributed by atoms with Gasteiger partial charge in [0.1, 0.15) is 6.33 Å². The minimum absolute atomic E-state index is 0.0980. The predicted molar refractivity (Wildman–Crippen MR) is 74.6 cm³/mol. The molecule has 0 radical (unpaired) electrons. The summed E-state index contributed by atoms with van der Waals surface area (Å²) in [6.45, 7) is 0.0980. The van der Waals surface area contributed by atoms with Gasteiger partial charge in [-0.1, -0.05) is 0 Å². The maximum atomic E-state index is 12.0. The normalized spacial score (nSPS) is 11.4. The van der Waals surface area contributed by atoms with Crippen LogP contribution in [0.25, 0.3) is 0 Å². The molecule has 2 aromatic rings. The molecular weight excluding hydrogens is 332 g/mol. The zero-order valence-corrected chi connectivity index (χ0v) is 12.1. The van der Waals surface area contributed by atoms with Gasteiger partial charge in [-0.3, -0.25) is 0 Å². The van der Waals surface area contributed by atoms with Gasteiger partial charge < -0.3 is 5.73 Å². The van der Waals surface area contributed by atoms with Crippen molar-refractivity contribution >= 4 is 31.6 Å². The highest BCUT2D eigenvalue weighted by atomic mass is 79.9. The van der Waals surface area contributed by atoms with Crippen LogP contribution in [0, 0.1) is 0 Å². The number of halogens is 1. The summed E-state index contributed by atoms with van der Waals surface area (Å²) in [6, 6.07) is 6.10. The smallest absolute Gasteiger partial charge is 0.240 e. The summed E-state index contributed by atoms with van der Waals surface area (Å²) in [5, 5.41) is 0. The van der Waals surface area contributed by atoms with E-state index in [1.165, 1.54) is 18.5 Å². The maximum Gasteiger partial charge on any atom is 0.240 e. The highest BCUT2D eigenvalue weighted by molar-refractivity contribution is 9.10. The van der Waals surface area contributed by atoms with Crippen LogP contribution < -0.4 is 10.5 Å². The first-order valence-corrected chi connectivity index (χ1v) is 7.56. The number of benzene rings is 1. The van der Waals surface area contributed by atoms with Gasteiger partial charge in [0.05, 0.1) is 17.1 Å². The molecule has 1 aromatic heterocycles. The lowest BCUT2D eigenvalue weighted by atomic mass is 10.3. The predicted octanol–water partition coefficient (Wildman–Crippen LogP) is 1.30. The molecule has 0 atom stereocenters. The molecule has 0 aliphatic carbocycles. The van der Waals surface area contributed by atoms with E-state index in [1.807, 2.05) is 0 Å². The number of nitrogen functional groups attached to an aromatic ring is 1. The number of sulfonamides is 1. The number of rotatable bonds is 4. The van der Waals surface area contributed by atoms with E-state index in [0.717, 1.165) is 0 Å². The molecule has 2 rings (SSSR count). The molecule has 0 fully saturated rings. The van der Waals surface area contributed by atoms with Crippen molar-refractivity contribution in [3.8, 4) is 0 Å². The van der Waals surface area contributed by atoms with E-state index < -0.39 is 10.0 Å². The topological polar surface area (TPSA) is 98.0 Å². The lowest BCUT2D eigenvalue weighted by Gasteiger charge is -2.07. The second kappa shape index (κ2) is 5.64. The van der Waals surface area contributed by atoms with E-state index in [1.54, 1.807) is 18.3 Å². The van der Waals surface area contributed by atoms with E-state index in [9.17, 15) is 8.42 Å². The Hall–Kier alpha value is -1.51. The number of anilines is 1. The van der Waals surface area contributed by atoms with Crippen LogP contribution in [0.5, 0.6) is 0 Å². The van der Waals surface area contributed by atoms with E-state index in [0.29, 0.717) is 15.9 Å². The van der Waals surface area contributed by atoms with Crippen LogP contribution in [0.15, 0.2) is 46.2 Å². The van der Waals surface area contributed by atoms with Crippen molar-refractivity contribution in [2.45, 2.75) is 11.4 Å². The van der Waals surface area contributed by atoms with Crippen LogP contribution in [0.3, 0.4) is 0 Å². The molecule has 0 aliphatic rings. The second-order valence-electron chi connectivity index (χ2n) is 3.71. The molecule has 0 amide bonds. The van der Waals surface area contributed by atoms with E-state index in [4.69, 9.17) is 5.73 Å². The van der Waals surface area contributed by atoms with Gasteiger partial charge in [0.25, 0.3) is 0 Å². The van der Waals surface area contributed by atoms with Crippen molar-refractivity contribution in [1.82, 2.24) is 14.7 Å². The van der Waals surface area contributed by atoms with Crippen LogP contribution in [0.4, 0.5) is 5.69 Å². The van der Waals surface area contributed by atoms with Gasteiger partial charge in [0.15, 0.2) is 0 Å². The fourth-order valence-electron chi connectivity index (χ4n) is 1.36. The molecule has 1 aromatic carbocycles. The molecule has 1 heterocycles. The van der Waals surface area contributed by atoms with E-state index >= 15 is 0 Å². The number of hydrogen-bond acceptors (Lipinski definition) is 5. The monoisotopic (exact) mass is 342 g/mol. The first-order chi connectivity index (χ1) is 8.99. The van der Waals surface area contributed by atoms with Crippen LogP contribution in [-0.4, -0.2) is 18.4 Å². The summed E-state index contributed by atoms with van der Waals surface area (Å²) in [7, 11) is -3.61. The van der Waals surface area contributed by atoms with Crippen molar-refractivity contribution < 1.29 is 8.42 Å². The molecule has 3 N–H and O–H groups in total. The van der Waals surface area contributed by atoms with E-state index in [-0.39, 0.29) is 11.4 Å². The van der Waals surface area contributed by atoms with Crippen molar-refractivity contribution in [3.63, 3.8) is 0 Å². The van der Waals surface area contributed by atoms with Gasteiger partial charge >= 0.3 is 0 Å². The minimum Gasteiger partial charge on any atom is -0.398 e. The number of nitrogens with one attached hydrogen (secondary N) is 1. The van der Waals surface area contributed by atoms with Crippen molar-refractivity contribution in [2.75, 3.05) is 5.73 Å². The molecule has 0 saturated heterocycles. The fraction of sp³-hybridized carbons (Fsp3) is 0.0909. The lowest BCUT2D eigenvalue weighted by Crippen LogP contribution is -2.23. The molecule has 0 saturated carbocycles. The van der Waals surface area contributed by atoms with Crippen LogP contribution in [-0.2, 0) is 16.6 Å². The average molecular weight is 343 g/mol. The fourth-order valence-corrected chi connectivity index (χ4v) is 2.64. The zero-order valence-electron chi connectivity index (χ0n) is 9.75. The van der Waals surface area contributed by atoms with Crippen LogP contribution in [0.1, 0.15) is 5.69 Å². The molecule has 0 unspecified atom stereocenters. The highest BCUT2D eigenvalue weighted by Crippen LogP contribution is 2.22. The molecule has 0 spiro atoms. The number of hydrogen-bond donors (Lipinski definition) is 2. The summed E-state index contributed by atoms with van der Waals surface area (Å²) in [4.78, 5) is 7.81. The number of nitrogens with two attached hydrogens (primary N) is 1. The van der Waals surface area contributed by atoms with Gasteiger partial charge in [-0.2, -0.15) is 0 Å². The first-order valence-electron chi connectivity index (χ1n) is 5.28. The summed E-state index contributed by atoms with van der Waals surface area (Å²) in [6.07, 6.45) is 2.91. The van der Waals surface area contributed by atoms with Crippen LogP contribution >= 0.6 is 15.9 Å². The van der Waals surface area contributed by atoms with Gasteiger partial charge in [0.2, 0.25) is 10.0 Å². The Labute approximate surface area is 119 Å². The first kappa shape index (κ1) is 13.9. The highest BCUT2D eigenvalue weighted by Gasteiger charge is 2.14. The Kier molecular flexibility index (Phi) is 4.13. The Morgan fingerprint density at radius 2 is 2.11 bits per heavy atom. The van der Waals surface area contributed by atoms with Crippen molar-refractivity contribution in [1.29, 1.82) is 0 Å². The lowest BCUT2D eigenvalue weighted by molar-refractivity contribution is 0.580. The average Bonchev–Trinajstić information content (AvgIpc) is 2.41. The SMILES string of the molecule is Nc1cc(S(=O)(=O)NCc2ccncn2)ccc1Br. The Bertz CT molecular complexity index is 676. The molecule has 19 heavy (non-hydrogen) atoms. The summed E-state index contributed by atoms with van der Waals surface area (Å²) in [5.74, 6) is 0. The standard InChI is InChI=1S/C11H11BrN4O2S/c12-10-2-1-9(5-11(10)13)19(17,18)16-6-8-3-4-14-7-15-8/h1-5,7,16H,6,13H2. The summed E-state index contributed by atoms with van der Waals surface area (Å²) in [5.41, 5.74) is 6.62.